The molecule has 5 rings (SSSR count). The van der Waals surface area contributed by atoms with E-state index in [1.807, 2.05) is 35.0 Å². The number of halogens is 2. The van der Waals surface area contributed by atoms with Crippen LogP contribution in [0.2, 0.25) is 0 Å². The molecule has 0 atom stereocenters. The summed E-state index contributed by atoms with van der Waals surface area (Å²) in [5.74, 6) is -1.75. The minimum Gasteiger partial charge on any atom is -0.496 e. The van der Waals surface area contributed by atoms with Crippen LogP contribution >= 0.6 is 0 Å². The molecule has 1 saturated heterocycles. The van der Waals surface area contributed by atoms with Gasteiger partial charge in [-0.05, 0) is 24.3 Å². The van der Waals surface area contributed by atoms with Crippen LogP contribution in [-0.2, 0) is 0 Å². The third-order valence-corrected chi connectivity index (χ3v) is 5.69. The summed E-state index contributed by atoms with van der Waals surface area (Å²) in [7, 11) is 1.58. The quantitative estimate of drug-likeness (QED) is 0.525. The van der Waals surface area contributed by atoms with Crippen molar-refractivity contribution >= 4 is 16.9 Å². The van der Waals surface area contributed by atoms with Crippen LogP contribution in [0.25, 0.3) is 28.1 Å². The van der Waals surface area contributed by atoms with Gasteiger partial charge in [-0.25, -0.2) is 18.7 Å². The SMILES string of the molecule is COc1cc(-n2ccc3cc(C(=O)N4CCC(F)(F)CC4)cnc32)ccc1-c1ncn[nH]1. The van der Waals surface area contributed by atoms with Gasteiger partial charge in [0, 0.05) is 49.8 Å². The Labute approximate surface area is 181 Å². The van der Waals surface area contributed by atoms with Crippen LogP contribution in [0.15, 0.2) is 49.1 Å². The van der Waals surface area contributed by atoms with Crippen LogP contribution in [-0.4, -0.2) is 61.7 Å². The van der Waals surface area contributed by atoms with Gasteiger partial charge in [0.15, 0.2) is 5.82 Å². The Morgan fingerprint density at radius 3 is 2.69 bits per heavy atom. The summed E-state index contributed by atoms with van der Waals surface area (Å²) in [5, 5.41) is 7.47. The number of amides is 1. The molecule has 1 N–H and O–H groups in total. The highest BCUT2D eigenvalue weighted by molar-refractivity contribution is 5.97. The highest BCUT2D eigenvalue weighted by Crippen LogP contribution is 2.31. The summed E-state index contributed by atoms with van der Waals surface area (Å²) in [6.45, 7) is 0.0877. The second kappa shape index (κ2) is 7.70. The molecule has 1 fully saturated rings. The number of nitrogens with one attached hydrogen (secondary N) is 1. The van der Waals surface area contributed by atoms with E-state index in [0.717, 1.165) is 16.6 Å². The number of hydrogen-bond donors (Lipinski definition) is 1. The minimum absolute atomic E-state index is 0.0439. The molecule has 0 unspecified atom stereocenters. The van der Waals surface area contributed by atoms with Gasteiger partial charge in [0.1, 0.15) is 17.7 Å². The monoisotopic (exact) mass is 438 g/mol. The molecule has 0 radical (unpaired) electrons. The zero-order valence-electron chi connectivity index (χ0n) is 17.3. The summed E-state index contributed by atoms with van der Waals surface area (Å²) < 4.78 is 34.2. The fourth-order valence-electron chi connectivity index (χ4n) is 3.93. The molecule has 32 heavy (non-hydrogen) atoms. The van der Waals surface area contributed by atoms with Crippen molar-refractivity contribution in [1.29, 1.82) is 0 Å². The van der Waals surface area contributed by atoms with Crippen LogP contribution in [0.5, 0.6) is 5.75 Å². The molecule has 4 heterocycles. The number of methoxy groups -OCH3 is 1. The van der Waals surface area contributed by atoms with Gasteiger partial charge in [0.05, 0.1) is 23.9 Å². The number of aromatic nitrogens is 5. The van der Waals surface area contributed by atoms with Crippen LogP contribution in [0.3, 0.4) is 0 Å². The van der Waals surface area contributed by atoms with Crippen molar-refractivity contribution in [3.05, 3.63) is 54.6 Å². The fourth-order valence-corrected chi connectivity index (χ4v) is 3.93. The van der Waals surface area contributed by atoms with E-state index >= 15 is 0 Å². The summed E-state index contributed by atoms with van der Waals surface area (Å²) in [5.41, 5.74) is 2.66. The molecule has 0 saturated carbocycles. The van der Waals surface area contributed by atoms with Gasteiger partial charge in [-0.3, -0.25) is 9.89 Å². The van der Waals surface area contributed by atoms with Gasteiger partial charge in [0.25, 0.3) is 11.8 Å². The van der Waals surface area contributed by atoms with E-state index in [9.17, 15) is 13.6 Å². The van der Waals surface area contributed by atoms with Crippen molar-refractivity contribution in [2.75, 3.05) is 20.2 Å². The molecule has 10 heteroatoms. The van der Waals surface area contributed by atoms with E-state index < -0.39 is 5.92 Å². The van der Waals surface area contributed by atoms with Crippen molar-refractivity contribution in [3.8, 4) is 22.8 Å². The lowest BCUT2D eigenvalue weighted by atomic mass is 10.1. The molecule has 0 spiro atoms. The minimum atomic E-state index is -2.69. The summed E-state index contributed by atoms with van der Waals surface area (Å²) >= 11 is 0. The molecule has 0 aliphatic carbocycles. The van der Waals surface area contributed by atoms with Crippen LogP contribution in [0.1, 0.15) is 23.2 Å². The maximum Gasteiger partial charge on any atom is 0.255 e. The topological polar surface area (TPSA) is 88.9 Å². The molecule has 1 aliphatic rings. The van der Waals surface area contributed by atoms with Crippen molar-refractivity contribution in [2.24, 2.45) is 0 Å². The van der Waals surface area contributed by atoms with Crippen molar-refractivity contribution in [2.45, 2.75) is 18.8 Å². The Morgan fingerprint density at radius 2 is 1.97 bits per heavy atom. The zero-order chi connectivity index (χ0) is 22.3. The Bertz CT molecular complexity index is 1280. The number of rotatable bonds is 4. The van der Waals surface area contributed by atoms with E-state index in [1.165, 1.54) is 17.4 Å². The third kappa shape index (κ3) is 3.57. The first-order valence-electron chi connectivity index (χ1n) is 10.1. The molecule has 1 aromatic carbocycles. The first kappa shape index (κ1) is 20.1. The predicted octanol–water partition coefficient (Wildman–Crippen LogP) is 3.69. The highest BCUT2D eigenvalue weighted by atomic mass is 19.3. The molecule has 164 valence electrons. The Hall–Kier alpha value is -3.82. The lowest BCUT2D eigenvalue weighted by molar-refractivity contribution is -0.0494. The van der Waals surface area contributed by atoms with E-state index in [1.54, 1.807) is 13.2 Å². The number of H-pyrrole nitrogens is 1. The van der Waals surface area contributed by atoms with Gasteiger partial charge in [-0.1, -0.05) is 0 Å². The molecule has 8 nitrogen and oxygen atoms in total. The van der Waals surface area contributed by atoms with Crippen molar-refractivity contribution in [3.63, 3.8) is 0 Å². The first-order chi connectivity index (χ1) is 15.4. The average Bonchev–Trinajstić information content (AvgIpc) is 3.48. The number of carbonyl (C=O) groups is 1. The molecular formula is C22H20F2N6O2. The molecule has 1 aliphatic heterocycles. The highest BCUT2D eigenvalue weighted by Gasteiger charge is 2.35. The smallest absolute Gasteiger partial charge is 0.255 e. The zero-order valence-corrected chi connectivity index (χ0v) is 17.3. The van der Waals surface area contributed by atoms with Crippen LogP contribution in [0, 0.1) is 0 Å². The molecule has 3 aromatic heterocycles. The van der Waals surface area contributed by atoms with Gasteiger partial charge in [-0.2, -0.15) is 5.10 Å². The van der Waals surface area contributed by atoms with E-state index in [0.29, 0.717) is 22.8 Å². The second-order valence-corrected chi connectivity index (χ2v) is 7.69. The number of benzene rings is 1. The fraction of sp³-hybridized carbons (Fsp3) is 0.273. The number of pyridine rings is 1. The summed E-state index contributed by atoms with van der Waals surface area (Å²) in [6.07, 6.45) is 4.16. The summed E-state index contributed by atoms with van der Waals surface area (Å²) in [4.78, 5) is 22.9. The number of nitrogens with zero attached hydrogens (tertiary/aromatic N) is 5. The van der Waals surface area contributed by atoms with Crippen LogP contribution in [0.4, 0.5) is 8.78 Å². The number of hydrogen-bond acceptors (Lipinski definition) is 5. The number of piperidine rings is 1. The molecule has 4 aromatic rings. The van der Waals surface area contributed by atoms with E-state index in [4.69, 9.17) is 4.74 Å². The van der Waals surface area contributed by atoms with Gasteiger partial charge in [-0.15, -0.1) is 0 Å². The Balaban J connectivity index is 1.44. The van der Waals surface area contributed by atoms with Gasteiger partial charge in [0.2, 0.25) is 0 Å². The number of likely N-dealkylation sites (tertiary alicyclic amines) is 1. The number of aromatic amines is 1. The Morgan fingerprint density at radius 1 is 1.16 bits per heavy atom. The van der Waals surface area contributed by atoms with Crippen LogP contribution < -0.4 is 4.74 Å². The Kier molecular flexibility index (Phi) is 4.84. The second-order valence-electron chi connectivity index (χ2n) is 7.69. The summed E-state index contributed by atoms with van der Waals surface area (Å²) in [6, 6.07) is 9.26. The lowest BCUT2D eigenvalue weighted by Crippen LogP contribution is -2.42. The van der Waals surface area contributed by atoms with Crippen molar-refractivity contribution in [1.82, 2.24) is 29.6 Å². The van der Waals surface area contributed by atoms with E-state index in [2.05, 4.69) is 20.2 Å². The average molecular weight is 438 g/mol. The largest absolute Gasteiger partial charge is 0.496 e. The number of carbonyl (C=O) groups excluding carboxylic acids is 1. The maximum absolute atomic E-state index is 13.4. The standard InChI is InChI=1S/C22H20F2N6O2/c1-32-18-11-16(2-3-17(18)19-26-13-27-28-19)30-7-4-14-10-15(12-25-20(14)30)21(31)29-8-5-22(23,24)6-9-29/h2-4,7,10-13H,5-6,8-9H2,1H3,(H,26,27,28). The number of alkyl halides is 2. The third-order valence-electron chi connectivity index (χ3n) is 5.69. The van der Waals surface area contributed by atoms with Gasteiger partial charge < -0.3 is 14.2 Å². The number of fused-ring (bicyclic) bond motifs is 1. The predicted molar refractivity (Wildman–Crippen MR) is 113 cm³/mol. The molecular weight excluding hydrogens is 418 g/mol. The maximum atomic E-state index is 13.4. The normalized spacial score (nSPS) is 15.8. The molecule has 0 bridgehead atoms. The van der Waals surface area contributed by atoms with Gasteiger partial charge >= 0.3 is 0 Å². The molecule has 1 amide bonds. The van der Waals surface area contributed by atoms with Crippen molar-refractivity contribution < 1.29 is 18.3 Å². The lowest BCUT2D eigenvalue weighted by Gasteiger charge is -2.31. The van der Waals surface area contributed by atoms with E-state index in [-0.39, 0.29) is 31.8 Å². The number of ether oxygens (including phenoxy) is 1. The first-order valence-corrected chi connectivity index (χ1v) is 10.1.